The van der Waals surface area contributed by atoms with Crippen LogP contribution in [0.2, 0.25) is 0 Å². The summed E-state index contributed by atoms with van der Waals surface area (Å²) in [6.07, 6.45) is 0. The van der Waals surface area contributed by atoms with Gasteiger partial charge in [0.2, 0.25) is 0 Å². The SMILES string of the molecule is O=C([O-])c1ccc(C(=O)[O-])cc1.O=C([O-])c1ccc(C(=O)[O-])cc1.O=C([O-])c1ccc(C(=O)[O-])cc1.[Tb+3].[Tb+3]. The summed E-state index contributed by atoms with van der Waals surface area (Å²) < 4.78 is 0. The summed E-state index contributed by atoms with van der Waals surface area (Å²) in [6, 6.07) is 13.8. The van der Waals surface area contributed by atoms with Crippen LogP contribution >= 0.6 is 0 Å². The molecule has 0 bridgehead atoms. The van der Waals surface area contributed by atoms with Crippen molar-refractivity contribution >= 4 is 35.8 Å². The van der Waals surface area contributed by atoms with E-state index in [4.69, 9.17) is 0 Å². The number of carbonyl (C=O) groups excluding carboxylic acids is 6. The van der Waals surface area contributed by atoms with Crippen LogP contribution in [0.4, 0.5) is 0 Å². The van der Waals surface area contributed by atoms with Gasteiger partial charge in [0.05, 0.1) is 35.8 Å². The van der Waals surface area contributed by atoms with E-state index in [1.165, 1.54) is 0 Å². The van der Waals surface area contributed by atoms with Gasteiger partial charge in [0.1, 0.15) is 0 Å². The molecule has 12 nitrogen and oxygen atoms in total. The average molecular weight is 810 g/mol. The van der Waals surface area contributed by atoms with E-state index in [0.29, 0.717) is 0 Å². The molecule has 0 aliphatic carbocycles. The fraction of sp³-hybridized carbons (Fsp3) is 0. The molecule has 0 spiro atoms. The quantitative estimate of drug-likeness (QED) is 0.228. The smallest absolute Gasteiger partial charge is 0.545 e. The van der Waals surface area contributed by atoms with Crippen LogP contribution < -0.4 is 30.6 Å². The molecule has 38 heavy (non-hydrogen) atoms. The van der Waals surface area contributed by atoms with Crippen molar-refractivity contribution in [3.8, 4) is 0 Å². The normalized spacial score (nSPS) is 8.84. The molecular weight excluding hydrogens is 798 g/mol. The Hall–Kier alpha value is -2.95. The minimum absolute atomic E-state index is 0. The summed E-state index contributed by atoms with van der Waals surface area (Å²) in [6.45, 7) is 0. The molecule has 3 aromatic rings. The van der Waals surface area contributed by atoms with Crippen molar-refractivity contribution in [2.75, 3.05) is 0 Å². The van der Waals surface area contributed by atoms with Crippen molar-refractivity contribution in [1.29, 1.82) is 0 Å². The van der Waals surface area contributed by atoms with Gasteiger partial charge in [0.25, 0.3) is 0 Å². The second kappa shape index (κ2) is 18.3. The van der Waals surface area contributed by atoms with Crippen molar-refractivity contribution in [3.05, 3.63) is 106 Å². The first kappa shape index (κ1) is 37.2. The van der Waals surface area contributed by atoms with E-state index in [2.05, 4.69) is 0 Å². The van der Waals surface area contributed by atoms with Gasteiger partial charge in [-0.1, -0.05) is 72.8 Å². The maximum Gasteiger partial charge on any atom is 3.00 e. The number of carboxylic acids is 6. The largest absolute Gasteiger partial charge is 3.00 e. The van der Waals surface area contributed by atoms with E-state index in [9.17, 15) is 59.4 Å². The van der Waals surface area contributed by atoms with Crippen LogP contribution in [0.1, 0.15) is 62.1 Å². The predicted molar refractivity (Wildman–Crippen MR) is 105 cm³/mol. The van der Waals surface area contributed by atoms with Crippen LogP contribution in [-0.2, 0) is 0 Å². The van der Waals surface area contributed by atoms with Gasteiger partial charge in [-0.15, -0.1) is 0 Å². The molecule has 0 saturated carbocycles. The number of hydrogen-bond donors (Lipinski definition) is 0. The van der Waals surface area contributed by atoms with Gasteiger partial charge in [-0.25, -0.2) is 0 Å². The first-order valence-electron chi connectivity index (χ1n) is 9.41. The van der Waals surface area contributed by atoms with Crippen LogP contribution in [0.15, 0.2) is 72.8 Å². The fourth-order valence-corrected chi connectivity index (χ4v) is 2.23. The second-order valence-electron chi connectivity index (χ2n) is 6.46. The number of carboxylic acid groups (broad SMARTS) is 6. The zero-order valence-electron chi connectivity index (χ0n) is 18.5. The Kier molecular flexibility index (Phi) is 17.9. The average Bonchev–Trinajstić information content (AvgIpc) is 2.84. The molecule has 198 valence electrons. The van der Waals surface area contributed by atoms with Gasteiger partial charge >= 0.3 is 77.2 Å². The van der Waals surface area contributed by atoms with E-state index in [0.717, 1.165) is 72.8 Å². The molecule has 0 atom stereocenters. The summed E-state index contributed by atoms with van der Waals surface area (Å²) in [5.41, 5.74) is -0.333. The number of aromatic carboxylic acids is 6. The van der Waals surface area contributed by atoms with Crippen molar-refractivity contribution < 1.29 is 137 Å². The molecule has 0 saturated heterocycles. The molecular formula is C24H12O12Tb2. The van der Waals surface area contributed by atoms with Gasteiger partial charge < -0.3 is 59.4 Å². The molecule has 0 radical (unpaired) electrons. The number of benzene rings is 3. The van der Waals surface area contributed by atoms with Crippen molar-refractivity contribution in [3.63, 3.8) is 0 Å². The van der Waals surface area contributed by atoms with Gasteiger partial charge in [0, 0.05) is 0 Å². The summed E-state index contributed by atoms with van der Waals surface area (Å²) >= 11 is 0. The second-order valence-corrected chi connectivity index (χ2v) is 6.46. The molecule has 0 heterocycles. The number of hydrogen-bond acceptors (Lipinski definition) is 12. The summed E-state index contributed by atoms with van der Waals surface area (Å²) in [4.78, 5) is 61.2. The third-order valence-electron chi connectivity index (χ3n) is 4.07. The molecule has 0 N–H and O–H groups in total. The van der Waals surface area contributed by atoms with Crippen LogP contribution in [0.25, 0.3) is 0 Å². The van der Waals surface area contributed by atoms with E-state index in [-0.39, 0.29) is 111 Å². The van der Waals surface area contributed by atoms with Crippen molar-refractivity contribution in [2.45, 2.75) is 0 Å². The van der Waals surface area contributed by atoms with Crippen LogP contribution in [-0.4, -0.2) is 35.8 Å². The topological polar surface area (TPSA) is 241 Å². The molecule has 0 unspecified atom stereocenters. The van der Waals surface area contributed by atoms with Gasteiger partial charge in [0.15, 0.2) is 0 Å². The molecule has 0 amide bonds. The maximum absolute atomic E-state index is 10.2. The third kappa shape index (κ3) is 13.0. The predicted octanol–water partition coefficient (Wildman–Crippen LogP) is -4.76. The van der Waals surface area contributed by atoms with E-state index < -0.39 is 35.8 Å². The molecule has 14 heteroatoms. The minimum Gasteiger partial charge on any atom is -0.545 e. The van der Waals surface area contributed by atoms with Gasteiger partial charge in [-0.05, 0) is 33.4 Å². The number of carbonyl (C=O) groups is 6. The zero-order chi connectivity index (χ0) is 27.4. The van der Waals surface area contributed by atoms with Gasteiger partial charge in [-0.2, -0.15) is 0 Å². The molecule has 0 aromatic heterocycles. The molecule has 0 fully saturated rings. The molecule has 0 aliphatic heterocycles. The molecule has 3 aromatic carbocycles. The fourth-order valence-electron chi connectivity index (χ4n) is 2.23. The van der Waals surface area contributed by atoms with E-state index in [1.807, 2.05) is 0 Å². The Balaban J connectivity index is 0. The molecule has 0 aliphatic rings. The molecule has 3 rings (SSSR count). The minimum atomic E-state index is -1.33. The van der Waals surface area contributed by atoms with Crippen molar-refractivity contribution in [2.24, 2.45) is 0 Å². The Bertz CT molecular complexity index is 1010. The standard InChI is InChI=1S/3C8H6O4.2Tb/c3*9-7(10)5-1-2-6(4-3-5)8(11)12;;/h3*1-4H,(H,9,10)(H,11,12);;/q;;;2*+3/p-6. The Morgan fingerprint density at radius 2 is 0.368 bits per heavy atom. The number of rotatable bonds is 6. The summed E-state index contributed by atoms with van der Waals surface area (Å²) in [5, 5.41) is 61.2. The Labute approximate surface area is 275 Å². The summed E-state index contributed by atoms with van der Waals surface area (Å²) in [7, 11) is 0. The van der Waals surface area contributed by atoms with E-state index in [1.54, 1.807) is 0 Å². The first-order valence-corrected chi connectivity index (χ1v) is 9.41. The third-order valence-corrected chi connectivity index (χ3v) is 4.07. The monoisotopic (exact) mass is 810 g/mol. The Morgan fingerprint density at radius 3 is 0.421 bits per heavy atom. The maximum atomic E-state index is 10.2. The first-order chi connectivity index (χ1) is 16.8. The zero-order valence-corrected chi connectivity index (χ0v) is 22.8. The van der Waals surface area contributed by atoms with Crippen LogP contribution in [0.5, 0.6) is 0 Å². The van der Waals surface area contributed by atoms with Crippen LogP contribution in [0, 0.1) is 77.2 Å². The van der Waals surface area contributed by atoms with Crippen LogP contribution in [0.3, 0.4) is 0 Å². The Morgan fingerprint density at radius 1 is 0.289 bits per heavy atom. The van der Waals surface area contributed by atoms with Gasteiger partial charge in [-0.3, -0.25) is 0 Å². The van der Waals surface area contributed by atoms with E-state index >= 15 is 0 Å². The van der Waals surface area contributed by atoms with Crippen molar-refractivity contribution in [1.82, 2.24) is 0 Å². The summed E-state index contributed by atoms with van der Waals surface area (Å²) in [5.74, 6) is -8.00.